The van der Waals surface area contributed by atoms with Crippen molar-refractivity contribution in [2.75, 3.05) is 0 Å². The third kappa shape index (κ3) is 1.95. The normalized spacial score (nSPS) is 55.5. The second-order valence-corrected chi connectivity index (χ2v) is 10.7. The highest BCUT2D eigenvalue weighted by atomic mass is 16.1. The SMILES string of the molecule is CCC12CCC3C4CCC(=O)C=C4C[C@@H](C)C3[C@@H]1C1C(C)C1[C@@]2(C#N)CC. The van der Waals surface area contributed by atoms with Crippen molar-refractivity contribution >= 4 is 5.78 Å². The molecule has 0 amide bonds. The molecule has 5 aliphatic carbocycles. The summed E-state index contributed by atoms with van der Waals surface area (Å²) in [6.07, 6.45) is 9.75. The fraction of sp³-hybridized carbons (Fsp3) is 0.840. The van der Waals surface area contributed by atoms with E-state index in [1.807, 2.05) is 6.08 Å². The number of hydrogen-bond acceptors (Lipinski definition) is 2. The van der Waals surface area contributed by atoms with E-state index in [0.717, 1.165) is 55.3 Å². The molecule has 0 bridgehead atoms. The number of allylic oxidation sites excluding steroid dienone is 1. The Hall–Kier alpha value is -1.10. The van der Waals surface area contributed by atoms with Gasteiger partial charge in [-0.25, -0.2) is 0 Å². The lowest BCUT2D eigenvalue weighted by Gasteiger charge is -2.60. The van der Waals surface area contributed by atoms with Gasteiger partial charge in [-0.1, -0.05) is 33.3 Å². The first-order valence-corrected chi connectivity index (χ1v) is 11.6. The largest absolute Gasteiger partial charge is 0.295 e. The molecule has 0 saturated heterocycles. The third-order valence-electron chi connectivity index (χ3n) is 10.4. The van der Waals surface area contributed by atoms with Gasteiger partial charge in [-0.3, -0.25) is 4.79 Å². The maximum Gasteiger partial charge on any atom is 0.155 e. The zero-order chi connectivity index (χ0) is 19.1. The van der Waals surface area contributed by atoms with Crippen molar-refractivity contribution in [3.8, 4) is 6.07 Å². The second-order valence-electron chi connectivity index (χ2n) is 10.7. The van der Waals surface area contributed by atoms with E-state index in [1.54, 1.807) is 0 Å². The van der Waals surface area contributed by atoms with Crippen molar-refractivity contribution in [2.45, 2.75) is 72.6 Å². The number of carbonyl (C=O) groups is 1. The molecule has 10 atom stereocenters. The van der Waals surface area contributed by atoms with Gasteiger partial charge >= 0.3 is 0 Å². The van der Waals surface area contributed by atoms with Gasteiger partial charge in [0, 0.05) is 6.42 Å². The van der Waals surface area contributed by atoms with E-state index in [0.29, 0.717) is 23.5 Å². The van der Waals surface area contributed by atoms with E-state index in [1.165, 1.54) is 24.8 Å². The van der Waals surface area contributed by atoms with Gasteiger partial charge in [0.15, 0.2) is 5.78 Å². The Kier molecular flexibility index (Phi) is 3.80. The summed E-state index contributed by atoms with van der Waals surface area (Å²) in [5, 5.41) is 10.4. The Morgan fingerprint density at radius 2 is 1.93 bits per heavy atom. The zero-order valence-corrected chi connectivity index (χ0v) is 17.5. The van der Waals surface area contributed by atoms with E-state index >= 15 is 0 Å². The predicted octanol–water partition coefficient (Wildman–Crippen LogP) is 5.79. The van der Waals surface area contributed by atoms with Gasteiger partial charge in [-0.15, -0.1) is 0 Å². The Morgan fingerprint density at radius 1 is 1.15 bits per heavy atom. The maximum absolute atomic E-state index is 12.0. The van der Waals surface area contributed by atoms with E-state index in [2.05, 4.69) is 33.8 Å². The molecule has 0 N–H and O–H groups in total. The number of fused-ring (bicyclic) bond motifs is 7. The zero-order valence-electron chi connectivity index (χ0n) is 17.5. The van der Waals surface area contributed by atoms with Gasteiger partial charge in [-0.05, 0) is 97.4 Å². The van der Waals surface area contributed by atoms with Crippen molar-refractivity contribution < 1.29 is 4.79 Å². The average molecular weight is 366 g/mol. The maximum atomic E-state index is 12.0. The van der Waals surface area contributed by atoms with Crippen LogP contribution in [0.25, 0.3) is 0 Å². The molecule has 0 heterocycles. The van der Waals surface area contributed by atoms with Gasteiger partial charge < -0.3 is 0 Å². The first kappa shape index (κ1) is 18.0. The summed E-state index contributed by atoms with van der Waals surface area (Å²) >= 11 is 0. The molecule has 0 aromatic heterocycles. The summed E-state index contributed by atoms with van der Waals surface area (Å²) in [5.41, 5.74) is 1.64. The van der Waals surface area contributed by atoms with Crippen LogP contribution in [0, 0.1) is 69.5 Å². The number of hydrogen-bond donors (Lipinski definition) is 0. The van der Waals surface area contributed by atoms with Crippen LogP contribution in [0.3, 0.4) is 0 Å². The van der Waals surface area contributed by atoms with Crippen molar-refractivity contribution in [3.63, 3.8) is 0 Å². The van der Waals surface area contributed by atoms with E-state index in [9.17, 15) is 10.1 Å². The molecule has 146 valence electrons. The smallest absolute Gasteiger partial charge is 0.155 e. The van der Waals surface area contributed by atoms with Gasteiger partial charge in [-0.2, -0.15) is 5.26 Å². The molecule has 4 saturated carbocycles. The van der Waals surface area contributed by atoms with E-state index in [-0.39, 0.29) is 10.8 Å². The molecule has 27 heavy (non-hydrogen) atoms. The van der Waals surface area contributed by atoms with Gasteiger partial charge in [0.25, 0.3) is 0 Å². The molecule has 0 aromatic rings. The first-order valence-electron chi connectivity index (χ1n) is 11.6. The highest BCUT2D eigenvalue weighted by Crippen LogP contribution is 2.82. The minimum absolute atomic E-state index is 0.0835. The lowest BCUT2D eigenvalue weighted by atomic mass is 9.43. The van der Waals surface area contributed by atoms with Crippen LogP contribution in [-0.2, 0) is 4.79 Å². The fourth-order valence-corrected chi connectivity index (χ4v) is 9.62. The molecular weight excluding hydrogens is 330 g/mol. The summed E-state index contributed by atoms with van der Waals surface area (Å²) in [5.74, 6) is 6.14. The summed E-state index contributed by atoms with van der Waals surface area (Å²) < 4.78 is 0. The van der Waals surface area contributed by atoms with Crippen LogP contribution in [0.5, 0.6) is 0 Å². The van der Waals surface area contributed by atoms with Gasteiger partial charge in [0.1, 0.15) is 0 Å². The highest BCUT2D eigenvalue weighted by molar-refractivity contribution is 5.91. The summed E-state index contributed by atoms with van der Waals surface area (Å²) in [6.45, 7) is 9.55. The highest BCUT2D eigenvalue weighted by Gasteiger charge is 2.79. The van der Waals surface area contributed by atoms with Gasteiger partial charge in [0.05, 0.1) is 11.5 Å². The van der Waals surface area contributed by atoms with Crippen molar-refractivity contribution in [1.29, 1.82) is 5.26 Å². The minimum atomic E-state index is -0.0835. The molecule has 5 aliphatic rings. The number of carbonyl (C=O) groups excluding carboxylic acids is 1. The monoisotopic (exact) mass is 365 g/mol. The Morgan fingerprint density at radius 3 is 2.59 bits per heavy atom. The van der Waals surface area contributed by atoms with Crippen LogP contribution in [0.1, 0.15) is 72.6 Å². The summed E-state index contributed by atoms with van der Waals surface area (Å²) in [6, 6.07) is 2.96. The number of ketones is 1. The van der Waals surface area contributed by atoms with Crippen molar-refractivity contribution in [3.05, 3.63) is 11.6 Å². The molecule has 2 nitrogen and oxygen atoms in total. The molecule has 2 heteroatoms. The molecule has 0 aliphatic heterocycles. The van der Waals surface area contributed by atoms with Crippen LogP contribution in [0.2, 0.25) is 0 Å². The number of rotatable bonds is 2. The molecule has 0 radical (unpaired) electrons. The van der Waals surface area contributed by atoms with E-state index < -0.39 is 0 Å². The molecule has 4 fully saturated rings. The Labute approximate surface area is 164 Å². The molecule has 5 rings (SSSR count). The lowest BCUT2D eigenvalue weighted by molar-refractivity contribution is -0.118. The number of nitrogens with zero attached hydrogens (tertiary/aromatic N) is 1. The molecule has 0 aromatic carbocycles. The van der Waals surface area contributed by atoms with Crippen LogP contribution < -0.4 is 0 Å². The predicted molar refractivity (Wildman–Crippen MR) is 107 cm³/mol. The van der Waals surface area contributed by atoms with Crippen molar-refractivity contribution in [1.82, 2.24) is 0 Å². The van der Waals surface area contributed by atoms with Crippen LogP contribution in [-0.4, -0.2) is 5.78 Å². The topological polar surface area (TPSA) is 40.9 Å². The molecular formula is C25H35NO. The van der Waals surface area contributed by atoms with Gasteiger partial charge in [0.2, 0.25) is 0 Å². The van der Waals surface area contributed by atoms with E-state index in [4.69, 9.17) is 0 Å². The molecule has 7 unspecified atom stereocenters. The fourth-order valence-electron chi connectivity index (χ4n) is 9.62. The Balaban J connectivity index is 1.59. The van der Waals surface area contributed by atoms with Crippen LogP contribution in [0.4, 0.5) is 0 Å². The summed E-state index contributed by atoms with van der Waals surface area (Å²) in [7, 11) is 0. The number of nitriles is 1. The quantitative estimate of drug-likeness (QED) is 0.622. The second kappa shape index (κ2) is 5.71. The lowest BCUT2D eigenvalue weighted by Crippen LogP contribution is -2.55. The first-order chi connectivity index (χ1) is 13.0. The Bertz CT molecular complexity index is 746. The average Bonchev–Trinajstić information content (AvgIpc) is 3.23. The molecule has 0 spiro atoms. The third-order valence-corrected chi connectivity index (χ3v) is 10.4. The standard InChI is InChI=1S/C25H35NO/c1-5-24-10-9-19-18-8-7-17(27)12-16(18)11-14(3)20(19)23(24)21-15(4)22(21)25(24,6-2)13-26/h12,14-15,18-23H,5-11H2,1-4H3/t14-,15?,18?,19?,20?,21?,22?,23-,24?,25+/m1/s1. The van der Waals surface area contributed by atoms with Crippen molar-refractivity contribution in [2.24, 2.45) is 58.2 Å². The summed E-state index contributed by atoms with van der Waals surface area (Å²) in [4.78, 5) is 12.0. The van der Waals surface area contributed by atoms with Crippen LogP contribution >= 0.6 is 0 Å². The minimum Gasteiger partial charge on any atom is -0.295 e. The van der Waals surface area contributed by atoms with Crippen LogP contribution in [0.15, 0.2) is 11.6 Å².